The Morgan fingerprint density at radius 1 is 1.08 bits per heavy atom. The lowest BCUT2D eigenvalue weighted by Crippen LogP contribution is -2.42. The van der Waals surface area contributed by atoms with E-state index in [0.29, 0.717) is 61.8 Å². The van der Waals surface area contributed by atoms with Gasteiger partial charge in [-0.1, -0.05) is 30.3 Å². The molecule has 1 aromatic heterocycles. The first-order valence-electron chi connectivity index (χ1n) is 18.0. The fraction of sp³-hybridized carbons (Fsp3) is 0.385. The summed E-state index contributed by atoms with van der Waals surface area (Å²) in [7, 11) is 1.74. The van der Waals surface area contributed by atoms with E-state index in [2.05, 4.69) is 26.3 Å². The maximum atomic E-state index is 14.7. The molecule has 3 aliphatic rings. The van der Waals surface area contributed by atoms with Crippen LogP contribution in [-0.4, -0.2) is 104 Å². The van der Waals surface area contributed by atoms with Gasteiger partial charge in [-0.15, -0.1) is 0 Å². The molecule has 2 fully saturated rings. The van der Waals surface area contributed by atoms with E-state index in [4.69, 9.17) is 16.6 Å². The standard InChI is InChI=1S/C39H47FN10O2/c1-3-50(30-10-12-33(41)31(22-30)36(42)34-13-11-32(40)38(46-34)49-17-4-5-18-49)39(52)29-14-19-47(23-29)24-35(51)48-20-15-27(16-21-48)26-6-8-28(9-7-26)37(43)45-25-44-2/h6-13,15,22,25,29,42H,3-5,14,16-21,23-24,41H2,1-2H3,(H2,43,44,45)/t29-/m1/s1. The number of amidine groups is 1. The zero-order chi connectivity index (χ0) is 36.8. The van der Waals surface area contributed by atoms with E-state index in [1.165, 1.54) is 24.0 Å². The third-order valence-corrected chi connectivity index (χ3v) is 10.1. The van der Waals surface area contributed by atoms with Crippen molar-refractivity contribution in [3.05, 3.63) is 88.9 Å². The number of nitrogen functional groups attached to an aromatic ring is 1. The lowest BCUT2D eigenvalue weighted by Gasteiger charge is -2.29. The maximum Gasteiger partial charge on any atom is 0.237 e. The summed E-state index contributed by atoms with van der Waals surface area (Å²) in [6, 6.07) is 15.8. The number of benzene rings is 2. The van der Waals surface area contributed by atoms with Crippen molar-refractivity contribution in [2.75, 3.05) is 74.9 Å². The van der Waals surface area contributed by atoms with Gasteiger partial charge in [-0.2, -0.15) is 0 Å². The average Bonchev–Trinajstić information content (AvgIpc) is 3.88. The molecule has 0 bridgehead atoms. The van der Waals surface area contributed by atoms with E-state index >= 15 is 0 Å². The highest BCUT2D eigenvalue weighted by atomic mass is 19.1. The lowest BCUT2D eigenvalue weighted by atomic mass is 9.98. The highest BCUT2D eigenvalue weighted by molar-refractivity contribution is 6.13. The molecule has 5 N–H and O–H groups in total. The number of nitrogens with zero attached hydrogens (tertiary/aromatic N) is 6. The number of likely N-dealkylation sites (tertiary alicyclic amines) is 1. The minimum absolute atomic E-state index is 0.0311. The maximum absolute atomic E-state index is 14.7. The van der Waals surface area contributed by atoms with E-state index in [-0.39, 0.29) is 41.6 Å². The number of hydrogen-bond acceptors (Lipinski definition) is 8. The number of amides is 2. The van der Waals surface area contributed by atoms with E-state index < -0.39 is 5.82 Å². The predicted octanol–water partition coefficient (Wildman–Crippen LogP) is 4.38. The molecule has 3 aromatic rings. The molecular formula is C39H47FN10O2. The molecule has 0 radical (unpaired) electrons. The Hall–Kier alpha value is -5.43. The summed E-state index contributed by atoms with van der Waals surface area (Å²) in [4.78, 5) is 43.3. The van der Waals surface area contributed by atoms with E-state index in [1.807, 2.05) is 41.0 Å². The van der Waals surface area contributed by atoms with Crippen LogP contribution in [0.15, 0.2) is 65.7 Å². The van der Waals surface area contributed by atoms with Gasteiger partial charge in [0.25, 0.3) is 0 Å². The van der Waals surface area contributed by atoms with Crippen molar-refractivity contribution in [2.45, 2.75) is 32.6 Å². The molecule has 52 heavy (non-hydrogen) atoms. The first kappa shape index (κ1) is 36.4. The van der Waals surface area contributed by atoms with Gasteiger partial charge in [0, 0.05) is 68.8 Å². The number of anilines is 3. The molecule has 2 amide bonds. The summed E-state index contributed by atoms with van der Waals surface area (Å²) in [5, 5.41) is 19.8. The average molecular weight is 707 g/mol. The van der Waals surface area contributed by atoms with E-state index in [1.54, 1.807) is 30.1 Å². The molecule has 1 atom stereocenters. The summed E-state index contributed by atoms with van der Waals surface area (Å²) in [5.41, 5.74) is 11.1. The van der Waals surface area contributed by atoms with Crippen molar-refractivity contribution in [3.8, 4) is 0 Å². The molecular weight excluding hydrogens is 659 g/mol. The van der Waals surface area contributed by atoms with Crippen LogP contribution in [0.2, 0.25) is 0 Å². The molecule has 3 aliphatic heterocycles. The normalized spacial score (nSPS) is 17.8. The number of pyridine rings is 1. The van der Waals surface area contributed by atoms with Crippen LogP contribution < -0.4 is 20.9 Å². The predicted molar refractivity (Wildman–Crippen MR) is 205 cm³/mol. The van der Waals surface area contributed by atoms with Gasteiger partial charge in [0.15, 0.2) is 17.5 Å². The summed E-state index contributed by atoms with van der Waals surface area (Å²) >= 11 is 0. The van der Waals surface area contributed by atoms with Gasteiger partial charge >= 0.3 is 0 Å². The quantitative estimate of drug-likeness (QED) is 0.131. The Bertz CT molecular complexity index is 1890. The largest absolute Gasteiger partial charge is 0.398 e. The van der Waals surface area contributed by atoms with Gasteiger partial charge in [-0.3, -0.25) is 25.3 Å². The summed E-state index contributed by atoms with van der Waals surface area (Å²) in [5.74, 6) is -0.224. The van der Waals surface area contributed by atoms with Crippen LogP contribution >= 0.6 is 0 Å². The van der Waals surface area contributed by atoms with Crippen molar-refractivity contribution < 1.29 is 14.0 Å². The number of nitrogens with two attached hydrogens (primary N) is 1. The number of carbonyl (C=O) groups is 2. The number of hydrogen-bond donors (Lipinski definition) is 4. The van der Waals surface area contributed by atoms with Gasteiger partial charge in [-0.05, 0) is 80.6 Å². The van der Waals surface area contributed by atoms with E-state index in [9.17, 15) is 14.0 Å². The third-order valence-electron chi connectivity index (χ3n) is 10.1. The Balaban J connectivity index is 1.05. The van der Waals surface area contributed by atoms with Crippen molar-refractivity contribution >= 4 is 52.5 Å². The van der Waals surface area contributed by atoms with Gasteiger partial charge in [0.05, 0.1) is 30.2 Å². The molecule has 2 saturated heterocycles. The molecule has 0 saturated carbocycles. The monoisotopic (exact) mass is 706 g/mol. The molecule has 0 aliphatic carbocycles. The lowest BCUT2D eigenvalue weighted by molar-refractivity contribution is -0.132. The van der Waals surface area contributed by atoms with Crippen LogP contribution in [0.25, 0.3) is 5.57 Å². The molecule has 272 valence electrons. The Morgan fingerprint density at radius 2 is 1.85 bits per heavy atom. The Kier molecular flexibility index (Phi) is 11.4. The summed E-state index contributed by atoms with van der Waals surface area (Å²) in [6.45, 7) is 6.36. The van der Waals surface area contributed by atoms with Crippen LogP contribution in [0, 0.1) is 22.6 Å². The van der Waals surface area contributed by atoms with Crippen LogP contribution in [0.5, 0.6) is 0 Å². The van der Waals surface area contributed by atoms with Gasteiger partial charge in [0.2, 0.25) is 11.8 Å². The molecule has 2 aromatic carbocycles. The van der Waals surface area contributed by atoms with Crippen LogP contribution in [0.3, 0.4) is 0 Å². The number of aromatic nitrogens is 1. The molecule has 12 nitrogen and oxygen atoms in total. The molecule has 6 rings (SSSR count). The van der Waals surface area contributed by atoms with Crippen LogP contribution in [0.4, 0.5) is 21.6 Å². The van der Waals surface area contributed by atoms with Gasteiger partial charge in [0.1, 0.15) is 0 Å². The highest BCUT2D eigenvalue weighted by Gasteiger charge is 2.33. The van der Waals surface area contributed by atoms with E-state index in [0.717, 1.165) is 43.5 Å². The number of nitrogens with one attached hydrogen (secondary N) is 3. The number of aliphatic imine (C=N–C) groups is 1. The summed E-state index contributed by atoms with van der Waals surface area (Å²) < 4.78 is 14.7. The Labute approximate surface area is 304 Å². The zero-order valence-corrected chi connectivity index (χ0v) is 29.9. The zero-order valence-electron chi connectivity index (χ0n) is 29.9. The van der Waals surface area contributed by atoms with Crippen LogP contribution in [0.1, 0.15) is 55.0 Å². The second kappa shape index (κ2) is 16.3. The van der Waals surface area contributed by atoms with Gasteiger partial charge < -0.3 is 25.8 Å². The number of carbonyl (C=O) groups excluding carboxylic acids is 2. The van der Waals surface area contributed by atoms with Gasteiger partial charge in [-0.25, -0.2) is 14.4 Å². The first-order valence-corrected chi connectivity index (χ1v) is 18.0. The van der Waals surface area contributed by atoms with Crippen molar-refractivity contribution in [2.24, 2.45) is 10.9 Å². The van der Waals surface area contributed by atoms with Crippen LogP contribution in [-0.2, 0) is 9.59 Å². The third kappa shape index (κ3) is 8.04. The SMILES string of the molecule is CCN(C(=O)[C@@H]1CCN(CC(=O)N2CC=C(c3ccc(C(=N)/N=C\NC)cc3)CC2)C1)c1ccc(N)c(C(=N)c2ccc(F)c(N3CCCC3)n2)c1. The highest BCUT2D eigenvalue weighted by Crippen LogP contribution is 2.29. The molecule has 0 unspecified atom stereocenters. The van der Waals surface area contributed by atoms with Crippen molar-refractivity contribution in [1.82, 2.24) is 20.1 Å². The first-order chi connectivity index (χ1) is 25.2. The second-order valence-corrected chi connectivity index (χ2v) is 13.4. The fourth-order valence-corrected chi connectivity index (χ4v) is 7.15. The minimum Gasteiger partial charge on any atom is -0.398 e. The minimum atomic E-state index is -0.411. The fourth-order valence-electron chi connectivity index (χ4n) is 7.15. The smallest absolute Gasteiger partial charge is 0.237 e. The van der Waals surface area contributed by atoms with Crippen molar-refractivity contribution in [3.63, 3.8) is 0 Å². The second-order valence-electron chi connectivity index (χ2n) is 13.4. The van der Waals surface area contributed by atoms with Crippen molar-refractivity contribution in [1.29, 1.82) is 10.8 Å². The molecule has 13 heteroatoms. The summed E-state index contributed by atoms with van der Waals surface area (Å²) in [6.07, 6.45) is 6.92. The number of halogens is 1. The number of rotatable bonds is 11. The molecule has 4 heterocycles. The topological polar surface area (TPSA) is 158 Å². The molecule has 0 spiro atoms. The Morgan fingerprint density at radius 3 is 2.54 bits per heavy atom.